The van der Waals surface area contributed by atoms with Crippen molar-refractivity contribution in [3.8, 4) is 0 Å². The molecule has 1 amide bonds. The van der Waals surface area contributed by atoms with E-state index in [1.807, 2.05) is 0 Å². The van der Waals surface area contributed by atoms with Gasteiger partial charge in [-0.1, -0.05) is 0 Å². The molecule has 1 aromatic carbocycles. The molecule has 1 aromatic heterocycles. The summed E-state index contributed by atoms with van der Waals surface area (Å²) in [6, 6.07) is 5.44. The molecule has 0 saturated carbocycles. The second kappa shape index (κ2) is 5.25. The fourth-order valence-corrected chi connectivity index (χ4v) is 1.43. The van der Waals surface area contributed by atoms with Crippen molar-refractivity contribution in [2.75, 3.05) is 6.54 Å². The van der Waals surface area contributed by atoms with E-state index in [2.05, 4.69) is 15.3 Å². The van der Waals surface area contributed by atoms with Crippen molar-refractivity contribution >= 4 is 5.91 Å². The van der Waals surface area contributed by atoms with Gasteiger partial charge in [0.05, 0.1) is 0 Å². The Bertz CT molecular complexity index is 479. The maximum absolute atomic E-state index is 12.6. The predicted octanol–water partition coefficient (Wildman–Crippen LogP) is 1.52. The first-order chi connectivity index (χ1) is 8.25. The highest BCUT2D eigenvalue weighted by Crippen LogP contribution is 2.02. The number of H-pyrrole nitrogens is 1. The standard InChI is InChI=1S/C12H12FN3O/c13-10-3-1-9(2-4-10)12(17)16-6-5-11-14-7-8-15-11/h1-4,7-8H,5-6H2,(H,14,15)(H,16,17). The summed E-state index contributed by atoms with van der Waals surface area (Å²) < 4.78 is 12.6. The molecular formula is C12H12FN3O. The van der Waals surface area contributed by atoms with Gasteiger partial charge in [-0.2, -0.15) is 0 Å². The van der Waals surface area contributed by atoms with E-state index >= 15 is 0 Å². The molecule has 0 bridgehead atoms. The van der Waals surface area contributed by atoms with Crippen LogP contribution in [0.3, 0.4) is 0 Å². The number of aromatic nitrogens is 2. The van der Waals surface area contributed by atoms with Crippen LogP contribution in [0.5, 0.6) is 0 Å². The van der Waals surface area contributed by atoms with E-state index in [-0.39, 0.29) is 11.7 Å². The number of carbonyl (C=O) groups is 1. The third-order valence-electron chi connectivity index (χ3n) is 2.31. The molecule has 0 aliphatic carbocycles. The zero-order valence-corrected chi connectivity index (χ0v) is 9.11. The topological polar surface area (TPSA) is 57.8 Å². The molecule has 88 valence electrons. The Hall–Kier alpha value is -2.17. The molecule has 0 fully saturated rings. The molecular weight excluding hydrogens is 221 g/mol. The summed E-state index contributed by atoms with van der Waals surface area (Å²) >= 11 is 0. The molecule has 17 heavy (non-hydrogen) atoms. The predicted molar refractivity (Wildman–Crippen MR) is 61.0 cm³/mol. The molecule has 1 heterocycles. The van der Waals surface area contributed by atoms with Crippen molar-refractivity contribution in [3.05, 3.63) is 53.9 Å². The van der Waals surface area contributed by atoms with Crippen LogP contribution in [0.2, 0.25) is 0 Å². The summed E-state index contributed by atoms with van der Waals surface area (Å²) in [6.07, 6.45) is 4.04. The van der Waals surface area contributed by atoms with Crippen molar-refractivity contribution in [1.29, 1.82) is 0 Å². The molecule has 2 aromatic rings. The average molecular weight is 233 g/mol. The van der Waals surface area contributed by atoms with Gasteiger partial charge in [0.15, 0.2) is 0 Å². The molecule has 5 heteroatoms. The lowest BCUT2D eigenvalue weighted by molar-refractivity contribution is 0.0954. The molecule has 2 N–H and O–H groups in total. The highest BCUT2D eigenvalue weighted by Gasteiger charge is 2.04. The number of rotatable bonds is 4. The number of nitrogens with zero attached hydrogens (tertiary/aromatic N) is 1. The van der Waals surface area contributed by atoms with Crippen molar-refractivity contribution in [3.63, 3.8) is 0 Å². The molecule has 0 radical (unpaired) electrons. The van der Waals surface area contributed by atoms with Gasteiger partial charge in [0.1, 0.15) is 11.6 Å². The number of imidazole rings is 1. The van der Waals surface area contributed by atoms with Crippen LogP contribution in [-0.4, -0.2) is 22.4 Å². The van der Waals surface area contributed by atoms with E-state index in [1.54, 1.807) is 12.4 Å². The second-order valence-electron chi connectivity index (χ2n) is 3.55. The Labute approximate surface area is 97.9 Å². The number of aromatic amines is 1. The van der Waals surface area contributed by atoms with Gasteiger partial charge in [-0.25, -0.2) is 9.37 Å². The first kappa shape index (κ1) is 11.3. The quantitative estimate of drug-likeness (QED) is 0.841. The van der Waals surface area contributed by atoms with Gasteiger partial charge >= 0.3 is 0 Å². The maximum Gasteiger partial charge on any atom is 0.251 e. The lowest BCUT2D eigenvalue weighted by Crippen LogP contribution is -2.25. The normalized spacial score (nSPS) is 10.2. The van der Waals surface area contributed by atoms with Gasteiger partial charge in [-0.05, 0) is 24.3 Å². The number of hydrogen-bond acceptors (Lipinski definition) is 2. The van der Waals surface area contributed by atoms with Crippen LogP contribution in [0.4, 0.5) is 4.39 Å². The van der Waals surface area contributed by atoms with Gasteiger partial charge in [0.25, 0.3) is 5.91 Å². The molecule has 0 spiro atoms. The summed E-state index contributed by atoms with van der Waals surface area (Å²) in [5.74, 6) is 0.262. The van der Waals surface area contributed by atoms with Crippen molar-refractivity contribution < 1.29 is 9.18 Å². The third-order valence-corrected chi connectivity index (χ3v) is 2.31. The Kier molecular flexibility index (Phi) is 3.49. The molecule has 0 saturated heterocycles. The zero-order chi connectivity index (χ0) is 12.1. The van der Waals surface area contributed by atoms with Crippen molar-refractivity contribution in [1.82, 2.24) is 15.3 Å². The van der Waals surface area contributed by atoms with E-state index < -0.39 is 0 Å². The van der Waals surface area contributed by atoms with Crippen LogP contribution in [0.15, 0.2) is 36.7 Å². The number of benzene rings is 1. The van der Waals surface area contributed by atoms with Crippen LogP contribution < -0.4 is 5.32 Å². The van der Waals surface area contributed by atoms with Gasteiger partial charge in [-0.15, -0.1) is 0 Å². The Morgan fingerprint density at radius 1 is 1.35 bits per heavy atom. The second-order valence-corrected chi connectivity index (χ2v) is 3.55. The van der Waals surface area contributed by atoms with E-state index in [0.717, 1.165) is 5.82 Å². The van der Waals surface area contributed by atoms with E-state index in [4.69, 9.17) is 0 Å². The maximum atomic E-state index is 12.6. The highest BCUT2D eigenvalue weighted by atomic mass is 19.1. The Morgan fingerprint density at radius 2 is 2.12 bits per heavy atom. The highest BCUT2D eigenvalue weighted by molar-refractivity contribution is 5.94. The minimum Gasteiger partial charge on any atom is -0.352 e. The third kappa shape index (κ3) is 3.14. The molecule has 0 aliphatic rings. The monoisotopic (exact) mass is 233 g/mol. The number of hydrogen-bond donors (Lipinski definition) is 2. The fraction of sp³-hybridized carbons (Fsp3) is 0.167. The minimum atomic E-state index is -0.350. The molecule has 0 aliphatic heterocycles. The molecule has 0 atom stereocenters. The summed E-state index contributed by atoms with van der Waals surface area (Å²) in [4.78, 5) is 18.6. The summed E-state index contributed by atoms with van der Waals surface area (Å²) in [5, 5.41) is 2.74. The van der Waals surface area contributed by atoms with Crippen molar-refractivity contribution in [2.45, 2.75) is 6.42 Å². The van der Waals surface area contributed by atoms with Gasteiger partial charge in [0.2, 0.25) is 0 Å². The number of halogens is 1. The van der Waals surface area contributed by atoms with Gasteiger partial charge in [0, 0.05) is 30.9 Å². The van der Waals surface area contributed by atoms with Crippen LogP contribution in [0, 0.1) is 5.82 Å². The smallest absolute Gasteiger partial charge is 0.251 e. The number of amides is 1. The molecule has 0 unspecified atom stereocenters. The minimum absolute atomic E-state index is 0.212. The van der Waals surface area contributed by atoms with Gasteiger partial charge < -0.3 is 10.3 Å². The summed E-state index contributed by atoms with van der Waals surface area (Å²) in [5.41, 5.74) is 0.450. The van der Waals surface area contributed by atoms with Crippen LogP contribution in [0.1, 0.15) is 16.2 Å². The fourth-order valence-electron chi connectivity index (χ4n) is 1.43. The molecule has 4 nitrogen and oxygen atoms in total. The van der Waals surface area contributed by atoms with Crippen molar-refractivity contribution in [2.24, 2.45) is 0 Å². The lowest BCUT2D eigenvalue weighted by Gasteiger charge is -2.03. The summed E-state index contributed by atoms with van der Waals surface area (Å²) in [6.45, 7) is 0.490. The van der Waals surface area contributed by atoms with Crippen LogP contribution in [-0.2, 0) is 6.42 Å². The first-order valence-corrected chi connectivity index (χ1v) is 5.28. The Morgan fingerprint density at radius 3 is 2.76 bits per heavy atom. The van der Waals surface area contributed by atoms with E-state index in [0.29, 0.717) is 18.5 Å². The Balaban J connectivity index is 1.83. The van der Waals surface area contributed by atoms with Gasteiger partial charge in [-0.3, -0.25) is 4.79 Å². The van der Waals surface area contributed by atoms with E-state index in [1.165, 1.54) is 24.3 Å². The SMILES string of the molecule is O=C(NCCc1ncc[nH]1)c1ccc(F)cc1. The largest absolute Gasteiger partial charge is 0.352 e. The molecule has 2 rings (SSSR count). The number of carbonyl (C=O) groups excluding carboxylic acids is 1. The number of nitrogens with one attached hydrogen (secondary N) is 2. The van der Waals surface area contributed by atoms with E-state index in [9.17, 15) is 9.18 Å². The zero-order valence-electron chi connectivity index (χ0n) is 9.11. The lowest BCUT2D eigenvalue weighted by atomic mass is 10.2. The van der Waals surface area contributed by atoms with Crippen LogP contribution >= 0.6 is 0 Å². The average Bonchev–Trinajstić information content (AvgIpc) is 2.83. The summed E-state index contributed by atoms with van der Waals surface area (Å²) in [7, 11) is 0. The first-order valence-electron chi connectivity index (χ1n) is 5.28. The van der Waals surface area contributed by atoms with Crippen LogP contribution in [0.25, 0.3) is 0 Å².